The Morgan fingerprint density at radius 1 is 1.18 bits per heavy atom. The molecule has 1 rings (SSSR count). The summed E-state index contributed by atoms with van der Waals surface area (Å²) in [6, 6.07) is 5.37. The lowest BCUT2D eigenvalue weighted by atomic mass is 10.1. The van der Waals surface area contributed by atoms with Crippen LogP contribution in [0.25, 0.3) is 0 Å². The number of benzene rings is 1. The van der Waals surface area contributed by atoms with Crippen molar-refractivity contribution in [1.29, 1.82) is 0 Å². The molecule has 22 heavy (non-hydrogen) atoms. The lowest BCUT2D eigenvalue weighted by molar-refractivity contribution is -0.138. The maximum atomic E-state index is 12.8. The summed E-state index contributed by atoms with van der Waals surface area (Å²) in [5.41, 5.74) is -0.890. The number of alkyl carbamates (subject to hydrolysis) is 1. The number of carbonyl (C=O) groups excluding carboxylic acids is 1. The summed E-state index contributed by atoms with van der Waals surface area (Å²) in [6.07, 6.45) is -4.92. The molecule has 0 atom stereocenters. The molecule has 7 heteroatoms. The first-order valence-electron chi connectivity index (χ1n) is 6.90. The van der Waals surface area contributed by atoms with E-state index in [9.17, 15) is 18.0 Å². The number of rotatable bonds is 5. The predicted molar refractivity (Wildman–Crippen MR) is 77.4 cm³/mol. The number of halogens is 3. The molecule has 0 bridgehead atoms. The molecule has 0 radical (unpaired) electrons. The number of amides is 1. The fourth-order valence-electron chi connectivity index (χ4n) is 1.73. The van der Waals surface area contributed by atoms with Gasteiger partial charge in [-0.05, 0) is 32.4 Å². The molecule has 0 saturated carbocycles. The van der Waals surface area contributed by atoms with Crippen molar-refractivity contribution in [2.75, 3.05) is 13.2 Å². The molecule has 1 aromatic carbocycles. The van der Waals surface area contributed by atoms with Crippen molar-refractivity contribution in [2.24, 2.45) is 0 Å². The third-order valence-electron chi connectivity index (χ3n) is 2.63. The second kappa shape index (κ2) is 7.49. The molecule has 0 aliphatic carbocycles. The van der Waals surface area contributed by atoms with Crippen LogP contribution in [0.1, 0.15) is 31.9 Å². The lowest BCUT2D eigenvalue weighted by Crippen LogP contribution is -2.41. The molecule has 0 saturated heterocycles. The van der Waals surface area contributed by atoms with Gasteiger partial charge >= 0.3 is 12.3 Å². The molecule has 0 heterocycles. The molecule has 1 aromatic rings. The summed E-state index contributed by atoms with van der Waals surface area (Å²) in [6.45, 7) is 5.86. The van der Waals surface area contributed by atoms with Gasteiger partial charge in [-0.1, -0.05) is 18.2 Å². The Kier molecular flexibility index (Phi) is 6.22. The van der Waals surface area contributed by atoms with Crippen molar-refractivity contribution in [1.82, 2.24) is 10.6 Å². The maximum absolute atomic E-state index is 12.8. The van der Waals surface area contributed by atoms with Crippen LogP contribution < -0.4 is 10.6 Å². The number of carbonyl (C=O) groups is 1. The monoisotopic (exact) mass is 318 g/mol. The molecule has 0 aliphatic heterocycles. The van der Waals surface area contributed by atoms with E-state index in [1.807, 2.05) is 20.8 Å². The van der Waals surface area contributed by atoms with Crippen molar-refractivity contribution in [3.63, 3.8) is 0 Å². The molecule has 0 aromatic heterocycles. The van der Waals surface area contributed by atoms with Gasteiger partial charge in [-0.15, -0.1) is 0 Å². The van der Waals surface area contributed by atoms with Gasteiger partial charge in [0.25, 0.3) is 0 Å². The Bertz CT molecular complexity index is 496. The summed E-state index contributed by atoms with van der Waals surface area (Å²) < 4.78 is 43.3. The van der Waals surface area contributed by atoms with Crippen LogP contribution in [-0.4, -0.2) is 24.8 Å². The average Bonchev–Trinajstić information content (AvgIpc) is 2.35. The molecule has 0 unspecified atom stereocenters. The summed E-state index contributed by atoms with van der Waals surface area (Å²) in [7, 11) is 0. The van der Waals surface area contributed by atoms with Crippen molar-refractivity contribution < 1.29 is 22.7 Å². The first-order valence-corrected chi connectivity index (χ1v) is 6.90. The zero-order chi connectivity index (χ0) is 16.8. The maximum Gasteiger partial charge on any atom is 0.416 e. The first-order chi connectivity index (χ1) is 10.1. The predicted octanol–water partition coefficient (Wildman–Crippen LogP) is 3.32. The van der Waals surface area contributed by atoms with Crippen molar-refractivity contribution >= 4 is 6.09 Å². The molecule has 1 amide bonds. The van der Waals surface area contributed by atoms with Gasteiger partial charge in [-0.2, -0.15) is 13.2 Å². The minimum atomic E-state index is -4.37. The Morgan fingerprint density at radius 2 is 1.82 bits per heavy atom. The fraction of sp³-hybridized carbons (Fsp3) is 0.533. The van der Waals surface area contributed by atoms with E-state index < -0.39 is 23.4 Å². The van der Waals surface area contributed by atoms with Gasteiger partial charge in [0.2, 0.25) is 0 Å². The van der Waals surface area contributed by atoms with Crippen LogP contribution >= 0.6 is 0 Å². The van der Waals surface area contributed by atoms with Crippen LogP contribution in [0.2, 0.25) is 0 Å². The van der Waals surface area contributed by atoms with E-state index in [0.29, 0.717) is 0 Å². The number of alkyl halides is 3. The molecule has 4 nitrogen and oxygen atoms in total. The highest BCUT2D eigenvalue weighted by molar-refractivity contribution is 5.68. The van der Waals surface area contributed by atoms with Crippen LogP contribution in [0.4, 0.5) is 18.0 Å². The molecule has 0 fully saturated rings. The van der Waals surface area contributed by atoms with Gasteiger partial charge in [-0.3, -0.25) is 0 Å². The number of nitrogens with one attached hydrogen (secondary N) is 2. The molecular formula is C15H21F3N2O2. The Hall–Kier alpha value is -1.76. The van der Waals surface area contributed by atoms with Gasteiger partial charge in [0.05, 0.1) is 5.56 Å². The first kappa shape index (κ1) is 18.3. The second-order valence-corrected chi connectivity index (χ2v) is 5.84. The van der Waals surface area contributed by atoms with Crippen molar-refractivity contribution in [3.8, 4) is 0 Å². The van der Waals surface area contributed by atoms with E-state index in [1.165, 1.54) is 12.1 Å². The van der Waals surface area contributed by atoms with E-state index in [4.69, 9.17) is 4.74 Å². The summed E-state index contributed by atoms with van der Waals surface area (Å²) in [5.74, 6) is 0. The zero-order valence-electron chi connectivity index (χ0n) is 12.9. The highest BCUT2D eigenvalue weighted by Gasteiger charge is 2.32. The van der Waals surface area contributed by atoms with Gasteiger partial charge in [0.15, 0.2) is 0 Å². The topological polar surface area (TPSA) is 50.4 Å². The van der Waals surface area contributed by atoms with Crippen LogP contribution in [0, 0.1) is 0 Å². The lowest BCUT2D eigenvalue weighted by Gasteiger charge is -2.20. The fourth-order valence-corrected chi connectivity index (χ4v) is 1.73. The summed E-state index contributed by atoms with van der Waals surface area (Å²) in [5, 5.41) is 5.45. The molecule has 124 valence electrons. The third-order valence-corrected chi connectivity index (χ3v) is 2.63. The van der Waals surface area contributed by atoms with E-state index >= 15 is 0 Å². The van der Waals surface area contributed by atoms with Crippen molar-refractivity contribution in [3.05, 3.63) is 35.4 Å². The van der Waals surface area contributed by atoms with E-state index in [-0.39, 0.29) is 25.3 Å². The van der Waals surface area contributed by atoms with Gasteiger partial charge in [0, 0.05) is 18.6 Å². The molecule has 0 aliphatic rings. The minimum Gasteiger partial charge on any atom is -0.448 e. The zero-order valence-corrected chi connectivity index (χ0v) is 12.9. The Labute approximate surface area is 128 Å². The van der Waals surface area contributed by atoms with E-state index in [1.54, 1.807) is 6.07 Å². The molecule has 0 spiro atoms. The number of hydrogen-bond donors (Lipinski definition) is 2. The van der Waals surface area contributed by atoms with Crippen LogP contribution in [0.5, 0.6) is 0 Å². The number of ether oxygens (including phenoxy) is 1. The standard InChI is InChI=1S/C15H21F3N2O2/c1-14(2,3)20-13(21)22-9-8-19-10-11-6-4-5-7-12(11)15(16,17)18/h4-7,19H,8-10H2,1-3H3,(H,20,21). The van der Waals surface area contributed by atoms with Crippen molar-refractivity contribution in [2.45, 2.75) is 39.0 Å². The van der Waals surface area contributed by atoms with Gasteiger partial charge < -0.3 is 15.4 Å². The smallest absolute Gasteiger partial charge is 0.416 e. The summed E-state index contributed by atoms with van der Waals surface area (Å²) >= 11 is 0. The Morgan fingerprint density at radius 3 is 2.41 bits per heavy atom. The summed E-state index contributed by atoms with van der Waals surface area (Å²) in [4.78, 5) is 11.4. The minimum absolute atomic E-state index is 0.0555. The highest BCUT2D eigenvalue weighted by atomic mass is 19.4. The Balaban J connectivity index is 2.36. The average molecular weight is 318 g/mol. The van der Waals surface area contributed by atoms with Gasteiger partial charge in [0.1, 0.15) is 6.61 Å². The highest BCUT2D eigenvalue weighted by Crippen LogP contribution is 2.31. The number of hydrogen-bond acceptors (Lipinski definition) is 3. The quantitative estimate of drug-likeness (QED) is 0.819. The molecular weight excluding hydrogens is 297 g/mol. The SMILES string of the molecule is CC(C)(C)NC(=O)OCCNCc1ccccc1C(F)(F)F. The van der Waals surface area contributed by atoms with Gasteiger partial charge in [-0.25, -0.2) is 4.79 Å². The van der Waals surface area contributed by atoms with Crippen LogP contribution in [0.3, 0.4) is 0 Å². The van der Waals surface area contributed by atoms with Crippen LogP contribution in [-0.2, 0) is 17.5 Å². The van der Waals surface area contributed by atoms with E-state index in [0.717, 1.165) is 6.07 Å². The normalized spacial score (nSPS) is 12.1. The third kappa shape index (κ3) is 6.80. The molecule has 2 N–H and O–H groups in total. The largest absolute Gasteiger partial charge is 0.448 e. The second-order valence-electron chi connectivity index (χ2n) is 5.84. The van der Waals surface area contributed by atoms with Crippen LogP contribution in [0.15, 0.2) is 24.3 Å². The van der Waals surface area contributed by atoms with E-state index in [2.05, 4.69) is 10.6 Å².